The molecular formula is C23H30FN3O5S. The Bertz CT molecular complexity index is 1070. The van der Waals surface area contributed by atoms with Crippen LogP contribution >= 0.6 is 0 Å². The number of carbonyl (C=O) groups excluding carboxylic acids is 2. The van der Waals surface area contributed by atoms with E-state index < -0.39 is 34.3 Å². The molecule has 1 unspecified atom stereocenters. The van der Waals surface area contributed by atoms with Gasteiger partial charge in [-0.05, 0) is 50.6 Å². The van der Waals surface area contributed by atoms with Crippen LogP contribution in [0, 0.1) is 5.82 Å². The molecule has 2 aromatic rings. The van der Waals surface area contributed by atoms with E-state index in [0.29, 0.717) is 5.56 Å². The minimum Gasteiger partial charge on any atom is -0.495 e. The zero-order valence-electron chi connectivity index (χ0n) is 19.4. The average molecular weight is 480 g/mol. The third kappa shape index (κ3) is 7.18. The molecule has 0 radical (unpaired) electrons. The molecule has 0 aliphatic heterocycles. The molecule has 0 bridgehead atoms. The fraction of sp³-hybridized carbons (Fsp3) is 0.391. The van der Waals surface area contributed by atoms with Crippen molar-refractivity contribution in [2.75, 3.05) is 24.2 Å². The van der Waals surface area contributed by atoms with Crippen LogP contribution in [-0.4, -0.2) is 57.1 Å². The van der Waals surface area contributed by atoms with Gasteiger partial charge in [0.15, 0.2) is 0 Å². The van der Waals surface area contributed by atoms with Crippen molar-refractivity contribution in [3.8, 4) is 5.75 Å². The molecule has 0 heterocycles. The number of methoxy groups -OCH3 is 1. The normalized spacial score (nSPS) is 12.2. The molecule has 1 N–H and O–H groups in total. The Kier molecular flexibility index (Phi) is 8.81. The van der Waals surface area contributed by atoms with Gasteiger partial charge in [-0.3, -0.25) is 13.9 Å². The molecule has 10 heteroatoms. The number of halogens is 1. The van der Waals surface area contributed by atoms with E-state index in [2.05, 4.69) is 5.32 Å². The van der Waals surface area contributed by atoms with Gasteiger partial charge in [-0.1, -0.05) is 24.3 Å². The summed E-state index contributed by atoms with van der Waals surface area (Å²) in [7, 11) is -2.46. The molecule has 0 saturated heterocycles. The highest BCUT2D eigenvalue weighted by molar-refractivity contribution is 7.92. The quantitative estimate of drug-likeness (QED) is 0.565. The molecule has 0 saturated carbocycles. The van der Waals surface area contributed by atoms with Crippen molar-refractivity contribution in [2.24, 2.45) is 0 Å². The third-order valence-corrected chi connectivity index (χ3v) is 6.02. The van der Waals surface area contributed by atoms with Crippen LogP contribution in [0.25, 0.3) is 0 Å². The van der Waals surface area contributed by atoms with Crippen molar-refractivity contribution >= 4 is 27.5 Å². The van der Waals surface area contributed by atoms with Crippen molar-refractivity contribution in [2.45, 2.75) is 39.4 Å². The van der Waals surface area contributed by atoms with E-state index in [4.69, 9.17) is 4.74 Å². The highest BCUT2D eigenvalue weighted by Gasteiger charge is 2.31. The van der Waals surface area contributed by atoms with Gasteiger partial charge in [0.1, 0.15) is 24.2 Å². The Morgan fingerprint density at radius 2 is 1.67 bits per heavy atom. The maximum absolute atomic E-state index is 13.4. The monoisotopic (exact) mass is 479 g/mol. The van der Waals surface area contributed by atoms with E-state index in [1.165, 1.54) is 42.3 Å². The van der Waals surface area contributed by atoms with Crippen LogP contribution in [0.2, 0.25) is 0 Å². The summed E-state index contributed by atoms with van der Waals surface area (Å²) in [5.41, 5.74) is 0.800. The third-order valence-electron chi connectivity index (χ3n) is 4.90. The molecule has 1 atom stereocenters. The van der Waals surface area contributed by atoms with Crippen molar-refractivity contribution < 1.29 is 27.1 Å². The molecule has 0 aliphatic rings. The number of ether oxygens (including phenoxy) is 1. The topological polar surface area (TPSA) is 96.0 Å². The van der Waals surface area contributed by atoms with E-state index in [1.54, 1.807) is 39.0 Å². The number of carbonyl (C=O) groups is 2. The van der Waals surface area contributed by atoms with Gasteiger partial charge in [-0.15, -0.1) is 0 Å². The van der Waals surface area contributed by atoms with Gasteiger partial charge < -0.3 is 15.0 Å². The fourth-order valence-electron chi connectivity index (χ4n) is 3.20. The number of hydrogen-bond acceptors (Lipinski definition) is 5. The van der Waals surface area contributed by atoms with Gasteiger partial charge >= 0.3 is 0 Å². The van der Waals surface area contributed by atoms with Gasteiger partial charge in [0.05, 0.1) is 19.1 Å². The van der Waals surface area contributed by atoms with E-state index in [-0.39, 0.29) is 29.9 Å². The highest BCUT2D eigenvalue weighted by Crippen LogP contribution is 2.29. The molecule has 33 heavy (non-hydrogen) atoms. The zero-order chi connectivity index (χ0) is 24.8. The number of hydrogen-bond donors (Lipinski definition) is 1. The van der Waals surface area contributed by atoms with Crippen LogP contribution in [0.5, 0.6) is 5.75 Å². The standard InChI is InChI=1S/C23H30FN3O5S/c1-16(2)25-23(29)17(3)26(14-18-10-12-19(24)13-11-18)22(28)15-27(33(5,30)31)20-8-6-7-9-21(20)32-4/h6-13,16-17H,14-15H2,1-5H3,(H,25,29). The molecule has 0 aromatic heterocycles. The number of nitrogens with one attached hydrogen (secondary N) is 1. The van der Waals surface area contributed by atoms with E-state index in [0.717, 1.165) is 10.6 Å². The molecular weight excluding hydrogens is 449 g/mol. The van der Waals surface area contributed by atoms with Crippen molar-refractivity contribution in [3.05, 3.63) is 59.9 Å². The maximum atomic E-state index is 13.4. The van der Waals surface area contributed by atoms with Crippen LogP contribution in [0.1, 0.15) is 26.3 Å². The minimum atomic E-state index is -3.87. The molecule has 8 nitrogen and oxygen atoms in total. The van der Waals surface area contributed by atoms with E-state index in [9.17, 15) is 22.4 Å². The number of sulfonamides is 1. The molecule has 0 fully saturated rings. The summed E-state index contributed by atoms with van der Waals surface area (Å²) in [6.45, 7) is 4.61. The second-order valence-corrected chi connectivity index (χ2v) is 9.84. The molecule has 2 aromatic carbocycles. The average Bonchev–Trinajstić information content (AvgIpc) is 2.75. The molecule has 0 spiro atoms. The summed E-state index contributed by atoms with van der Waals surface area (Å²) in [4.78, 5) is 27.4. The zero-order valence-corrected chi connectivity index (χ0v) is 20.2. The summed E-state index contributed by atoms with van der Waals surface area (Å²) in [6, 6.07) is 10.9. The first-order valence-corrected chi connectivity index (χ1v) is 12.2. The van der Waals surface area contributed by atoms with Gasteiger partial charge in [-0.25, -0.2) is 12.8 Å². The number of anilines is 1. The Hall–Kier alpha value is -3.14. The number of rotatable bonds is 10. The minimum absolute atomic E-state index is 0.00464. The first-order chi connectivity index (χ1) is 15.4. The Labute approximate surface area is 194 Å². The first-order valence-electron chi connectivity index (χ1n) is 10.4. The van der Waals surface area contributed by atoms with Crippen molar-refractivity contribution in [3.63, 3.8) is 0 Å². The Balaban J connectivity index is 2.42. The van der Waals surface area contributed by atoms with Crippen LogP contribution in [-0.2, 0) is 26.2 Å². The number of benzene rings is 2. The van der Waals surface area contributed by atoms with Crippen molar-refractivity contribution in [1.82, 2.24) is 10.2 Å². The Morgan fingerprint density at radius 1 is 1.06 bits per heavy atom. The molecule has 0 aliphatic carbocycles. The van der Waals surface area contributed by atoms with Gasteiger partial charge in [-0.2, -0.15) is 0 Å². The van der Waals surface area contributed by atoms with Gasteiger partial charge in [0, 0.05) is 12.6 Å². The predicted octanol–water partition coefficient (Wildman–Crippen LogP) is 2.54. The second kappa shape index (κ2) is 11.1. The van der Waals surface area contributed by atoms with Gasteiger partial charge in [0.2, 0.25) is 21.8 Å². The van der Waals surface area contributed by atoms with Crippen LogP contribution in [0.3, 0.4) is 0 Å². The number of amides is 2. The lowest BCUT2D eigenvalue weighted by molar-refractivity contribution is -0.139. The summed E-state index contributed by atoms with van der Waals surface area (Å²) >= 11 is 0. The Morgan fingerprint density at radius 3 is 2.21 bits per heavy atom. The lowest BCUT2D eigenvalue weighted by atomic mass is 10.1. The highest BCUT2D eigenvalue weighted by atomic mass is 32.2. The first kappa shape index (κ1) is 26.1. The molecule has 180 valence electrons. The smallest absolute Gasteiger partial charge is 0.244 e. The summed E-state index contributed by atoms with van der Waals surface area (Å²) in [5.74, 6) is -1.13. The van der Waals surface area contributed by atoms with Crippen molar-refractivity contribution in [1.29, 1.82) is 0 Å². The second-order valence-electron chi connectivity index (χ2n) is 7.93. The van der Waals surface area contributed by atoms with Crippen LogP contribution in [0.15, 0.2) is 48.5 Å². The fourth-order valence-corrected chi connectivity index (χ4v) is 4.06. The number of para-hydroxylation sites is 2. The number of nitrogens with zero attached hydrogens (tertiary/aromatic N) is 2. The van der Waals surface area contributed by atoms with Crippen LogP contribution < -0.4 is 14.4 Å². The summed E-state index contributed by atoms with van der Waals surface area (Å²) in [5, 5.41) is 2.76. The lowest BCUT2D eigenvalue weighted by Crippen LogP contribution is -2.52. The SMILES string of the molecule is COc1ccccc1N(CC(=O)N(Cc1ccc(F)cc1)C(C)C(=O)NC(C)C)S(C)(=O)=O. The van der Waals surface area contributed by atoms with Gasteiger partial charge in [0.25, 0.3) is 0 Å². The maximum Gasteiger partial charge on any atom is 0.244 e. The predicted molar refractivity (Wildman–Crippen MR) is 125 cm³/mol. The summed E-state index contributed by atoms with van der Waals surface area (Å²) < 4.78 is 44.7. The lowest BCUT2D eigenvalue weighted by Gasteiger charge is -2.32. The van der Waals surface area contributed by atoms with E-state index in [1.807, 2.05) is 0 Å². The van der Waals surface area contributed by atoms with Crippen LogP contribution in [0.4, 0.5) is 10.1 Å². The summed E-state index contributed by atoms with van der Waals surface area (Å²) in [6.07, 6.45) is 0.992. The molecule has 2 amide bonds. The molecule has 2 rings (SSSR count). The largest absolute Gasteiger partial charge is 0.495 e. The van der Waals surface area contributed by atoms with E-state index >= 15 is 0 Å².